The highest BCUT2D eigenvalue weighted by Gasteiger charge is 2.67. The fourth-order valence-corrected chi connectivity index (χ4v) is 5.09. The molecule has 1 saturated carbocycles. The maximum Gasteiger partial charge on any atom is 0.410 e. The fourth-order valence-electron chi connectivity index (χ4n) is 5.09. The zero-order chi connectivity index (χ0) is 24.9. The standard InChI is InChI=1S/C29H31NO6/c31-16-23-24-25(30(24)29(33)36-19-22-14-8-3-9-15-22)27(34-17-20-10-4-1-5-11-20)28(26(23)32)35-18-21-12-6-2-7-13-21/h1-15,23-28,31-32H,16-19H2/t23-,24+,25+,26+,27-,28-,30?/m0/s1. The Balaban J connectivity index is 1.34. The van der Waals surface area contributed by atoms with Crippen LogP contribution in [0.1, 0.15) is 16.7 Å². The number of carbonyl (C=O) groups excluding carboxylic acids is 1. The summed E-state index contributed by atoms with van der Waals surface area (Å²) in [4.78, 5) is 14.6. The van der Waals surface area contributed by atoms with E-state index in [9.17, 15) is 15.0 Å². The molecule has 0 radical (unpaired) electrons. The number of aliphatic hydroxyl groups is 2. The highest BCUT2D eigenvalue weighted by Crippen LogP contribution is 2.47. The number of fused-ring (bicyclic) bond motifs is 1. The second kappa shape index (κ2) is 11.2. The lowest BCUT2D eigenvalue weighted by Crippen LogP contribution is -2.54. The predicted molar refractivity (Wildman–Crippen MR) is 133 cm³/mol. The van der Waals surface area contributed by atoms with Crippen molar-refractivity contribution in [3.63, 3.8) is 0 Å². The summed E-state index contributed by atoms with van der Waals surface area (Å²) in [5.41, 5.74) is 2.83. The molecule has 0 aromatic heterocycles. The summed E-state index contributed by atoms with van der Waals surface area (Å²) in [5, 5.41) is 21.4. The number of aliphatic hydroxyl groups excluding tert-OH is 2. The van der Waals surface area contributed by atoms with Crippen molar-refractivity contribution < 1.29 is 29.2 Å². The van der Waals surface area contributed by atoms with Gasteiger partial charge in [0.05, 0.1) is 38.0 Å². The van der Waals surface area contributed by atoms with E-state index in [0.717, 1.165) is 16.7 Å². The number of rotatable bonds is 9. The summed E-state index contributed by atoms with van der Waals surface area (Å²) < 4.78 is 18.1. The van der Waals surface area contributed by atoms with E-state index < -0.39 is 30.3 Å². The van der Waals surface area contributed by atoms with Gasteiger partial charge in [-0.05, 0) is 16.7 Å². The first-order valence-electron chi connectivity index (χ1n) is 12.3. The predicted octanol–water partition coefficient (Wildman–Crippen LogP) is 3.53. The van der Waals surface area contributed by atoms with Gasteiger partial charge < -0.3 is 24.4 Å². The van der Waals surface area contributed by atoms with Crippen molar-refractivity contribution in [3.05, 3.63) is 108 Å². The number of nitrogens with zero attached hydrogens (tertiary/aromatic N) is 1. The molecular weight excluding hydrogens is 458 g/mol. The molecule has 7 nitrogen and oxygen atoms in total. The zero-order valence-corrected chi connectivity index (χ0v) is 19.9. The van der Waals surface area contributed by atoms with E-state index in [-0.39, 0.29) is 31.9 Å². The first kappa shape index (κ1) is 24.5. The molecule has 2 N–H and O–H groups in total. The molecule has 2 fully saturated rings. The molecule has 3 aromatic rings. The molecule has 36 heavy (non-hydrogen) atoms. The van der Waals surface area contributed by atoms with E-state index in [2.05, 4.69) is 0 Å². The number of ether oxygens (including phenoxy) is 3. The van der Waals surface area contributed by atoms with E-state index in [1.807, 2.05) is 91.0 Å². The van der Waals surface area contributed by atoms with Crippen LogP contribution in [-0.4, -0.2) is 58.2 Å². The van der Waals surface area contributed by atoms with Crippen molar-refractivity contribution in [1.82, 2.24) is 4.90 Å². The molecule has 1 heterocycles. The molecule has 1 amide bonds. The summed E-state index contributed by atoms with van der Waals surface area (Å²) in [6, 6.07) is 28.1. The summed E-state index contributed by atoms with van der Waals surface area (Å²) in [7, 11) is 0. The Morgan fingerprint density at radius 2 is 1.17 bits per heavy atom. The highest BCUT2D eigenvalue weighted by molar-refractivity contribution is 5.73. The Morgan fingerprint density at radius 3 is 1.67 bits per heavy atom. The third kappa shape index (κ3) is 5.29. The monoisotopic (exact) mass is 489 g/mol. The molecule has 188 valence electrons. The number of benzene rings is 3. The molecule has 3 aromatic carbocycles. The Bertz CT molecular complexity index is 1110. The van der Waals surface area contributed by atoms with E-state index >= 15 is 0 Å². The fraction of sp³-hybridized carbons (Fsp3) is 0.345. The minimum absolute atomic E-state index is 0.144. The van der Waals surface area contributed by atoms with Gasteiger partial charge in [-0.25, -0.2) is 4.79 Å². The summed E-state index contributed by atoms with van der Waals surface area (Å²) in [5.74, 6) is -0.559. The van der Waals surface area contributed by atoms with Gasteiger partial charge in [0.25, 0.3) is 0 Å². The second-order valence-corrected chi connectivity index (χ2v) is 9.29. The van der Waals surface area contributed by atoms with Gasteiger partial charge in [0.15, 0.2) is 0 Å². The van der Waals surface area contributed by atoms with Crippen molar-refractivity contribution in [2.24, 2.45) is 5.92 Å². The van der Waals surface area contributed by atoms with Crippen LogP contribution in [0.5, 0.6) is 0 Å². The Kier molecular flexibility index (Phi) is 7.63. The molecule has 1 aliphatic heterocycles. The van der Waals surface area contributed by atoms with Gasteiger partial charge in [0.2, 0.25) is 0 Å². The van der Waals surface area contributed by atoms with Crippen molar-refractivity contribution in [3.8, 4) is 0 Å². The van der Waals surface area contributed by atoms with Crippen LogP contribution in [0.3, 0.4) is 0 Å². The molecule has 2 aliphatic rings. The smallest absolute Gasteiger partial charge is 0.410 e. The van der Waals surface area contributed by atoms with Crippen molar-refractivity contribution >= 4 is 6.09 Å². The van der Waals surface area contributed by atoms with Gasteiger partial charge in [0.1, 0.15) is 18.8 Å². The SMILES string of the molecule is O=C(OCc1ccccc1)N1[C@@H]2[C@H](CO)[C@@H](O)[C@H](OCc3ccccc3)[C@@H](OCc3ccccc3)[C@@H]21. The van der Waals surface area contributed by atoms with Gasteiger partial charge in [-0.2, -0.15) is 0 Å². The number of carbonyl (C=O) groups is 1. The van der Waals surface area contributed by atoms with Crippen LogP contribution in [0.25, 0.3) is 0 Å². The first-order valence-corrected chi connectivity index (χ1v) is 12.3. The molecular formula is C29H31NO6. The average Bonchev–Trinajstić information content (AvgIpc) is 3.66. The van der Waals surface area contributed by atoms with Crippen molar-refractivity contribution in [1.29, 1.82) is 0 Å². The highest BCUT2D eigenvalue weighted by atomic mass is 16.6. The second-order valence-electron chi connectivity index (χ2n) is 9.29. The quantitative estimate of drug-likeness (QED) is 0.447. The summed E-state index contributed by atoms with van der Waals surface area (Å²) in [6.07, 6.45) is -2.80. The van der Waals surface area contributed by atoms with Gasteiger partial charge >= 0.3 is 6.09 Å². The number of amides is 1. The third-order valence-electron chi connectivity index (χ3n) is 6.97. The van der Waals surface area contributed by atoms with Crippen LogP contribution in [0, 0.1) is 5.92 Å². The maximum atomic E-state index is 13.1. The maximum absolute atomic E-state index is 13.1. The Hall–Kier alpha value is -3.23. The number of hydrogen-bond donors (Lipinski definition) is 2. The molecule has 1 saturated heterocycles. The molecule has 1 aliphatic carbocycles. The molecule has 0 spiro atoms. The van der Waals surface area contributed by atoms with E-state index in [4.69, 9.17) is 14.2 Å². The molecule has 6 atom stereocenters. The zero-order valence-electron chi connectivity index (χ0n) is 19.9. The van der Waals surface area contributed by atoms with Crippen LogP contribution in [0.2, 0.25) is 0 Å². The lowest BCUT2D eigenvalue weighted by atomic mass is 9.83. The largest absolute Gasteiger partial charge is 0.445 e. The van der Waals surface area contributed by atoms with E-state index in [0.29, 0.717) is 6.61 Å². The van der Waals surface area contributed by atoms with Crippen LogP contribution >= 0.6 is 0 Å². The lowest BCUT2D eigenvalue weighted by molar-refractivity contribution is -0.161. The number of hydrogen-bond acceptors (Lipinski definition) is 6. The van der Waals surface area contributed by atoms with Gasteiger partial charge in [-0.1, -0.05) is 91.0 Å². The molecule has 7 heteroatoms. The molecule has 0 bridgehead atoms. The normalized spacial score (nSPS) is 26.8. The minimum Gasteiger partial charge on any atom is -0.445 e. The molecule has 5 rings (SSSR count). The van der Waals surface area contributed by atoms with Crippen LogP contribution in [0.4, 0.5) is 4.79 Å². The van der Waals surface area contributed by atoms with Crippen LogP contribution < -0.4 is 0 Å². The van der Waals surface area contributed by atoms with Crippen LogP contribution in [-0.2, 0) is 34.0 Å². The Morgan fingerprint density at radius 1 is 0.694 bits per heavy atom. The van der Waals surface area contributed by atoms with Gasteiger partial charge in [-0.15, -0.1) is 0 Å². The molecule has 0 unspecified atom stereocenters. The van der Waals surface area contributed by atoms with Crippen molar-refractivity contribution in [2.75, 3.05) is 6.61 Å². The minimum atomic E-state index is -1.01. The Labute approximate surface area is 210 Å². The third-order valence-corrected chi connectivity index (χ3v) is 6.97. The summed E-state index contributed by atoms with van der Waals surface area (Å²) in [6.45, 7) is 0.456. The lowest BCUT2D eigenvalue weighted by Gasteiger charge is -2.37. The summed E-state index contributed by atoms with van der Waals surface area (Å²) >= 11 is 0. The van der Waals surface area contributed by atoms with Gasteiger partial charge in [-0.3, -0.25) is 4.90 Å². The average molecular weight is 490 g/mol. The van der Waals surface area contributed by atoms with Crippen molar-refractivity contribution in [2.45, 2.75) is 50.2 Å². The van der Waals surface area contributed by atoms with Crippen LogP contribution in [0.15, 0.2) is 91.0 Å². The first-order chi connectivity index (χ1) is 17.7. The van der Waals surface area contributed by atoms with E-state index in [1.165, 1.54) is 0 Å². The van der Waals surface area contributed by atoms with Gasteiger partial charge in [0, 0.05) is 5.92 Å². The number of likely N-dealkylation sites (tertiary alicyclic amines) is 1. The van der Waals surface area contributed by atoms with E-state index in [1.54, 1.807) is 4.90 Å². The topological polar surface area (TPSA) is 88.2 Å².